The van der Waals surface area contributed by atoms with Crippen molar-refractivity contribution in [1.82, 2.24) is 24.6 Å². The van der Waals surface area contributed by atoms with Gasteiger partial charge in [0, 0.05) is 61.3 Å². The van der Waals surface area contributed by atoms with Crippen LogP contribution in [-0.2, 0) is 19.5 Å². The minimum atomic E-state index is 0.411. The summed E-state index contributed by atoms with van der Waals surface area (Å²) in [6.45, 7) is 9.09. The summed E-state index contributed by atoms with van der Waals surface area (Å²) in [7, 11) is 0. The Hall–Kier alpha value is -2.03. The molecule has 0 aromatic carbocycles. The van der Waals surface area contributed by atoms with Gasteiger partial charge in [0.15, 0.2) is 0 Å². The number of fused-ring (bicyclic) bond motifs is 1. The van der Waals surface area contributed by atoms with E-state index in [1.807, 2.05) is 10.9 Å². The summed E-state index contributed by atoms with van der Waals surface area (Å²) in [5.74, 6) is 1.12. The fourth-order valence-corrected chi connectivity index (χ4v) is 5.64. The van der Waals surface area contributed by atoms with Crippen LogP contribution in [0.2, 0.25) is 0 Å². The zero-order valence-corrected chi connectivity index (χ0v) is 17.2. The van der Waals surface area contributed by atoms with Gasteiger partial charge in [-0.1, -0.05) is 6.92 Å². The average molecular weight is 398 g/mol. The molecule has 0 atom stereocenters. The van der Waals surface area contributed by atoms with E-state index in [1.54, 1.807) is 17.7 Å². The molecule has 2 fully saturated rings. The van der Waals surface area contributed by atoms with Gasteiger partial charge in [-0.2, -0.15) is 5.10 Å². The van der Waals surface area contributed by atoms with Crippen molar-refractivity contribution in [3.63, 3.8) is 0 Å². The van der Waals surface area contributed by atoms with Crippen molar-refractivity contribution in [3.8, 4) is 0 Å². The summed E-state index contributed by atoms with van der Waals surface area (Å²) in [4.78, 5) is 16.6. The van der Waals surface area contributed by atoms with Crippen LogP contribution < -0.4 is 10.6 Å². The molecular formula is C20H27N7S. The molecule has 2 aliphatic heterocycles. The number of thiophene rings is 1. The van der Waals surface area contributed by atoms with E-state index in [-0.39, 0.29) is 0 Å². The van der Waals surface area contributed by atoms with Gasteiger partial charge in [-0.3, -0.25) is 9.58 Å². The Balaban J connectivity index is 1.24. The fraction of sp³-hybridized carbons (Fsp3) is 0.550. The summed E-state index contributed by atoms with van der Waals surface area (Å²) in [6.07, 6.45) is 8.12. The predicted octanol–water partition coefficient (Wildman–Crippen LogP) is 2.12. The monoisotopic (exact) mass is 397 g/mol. The Morgan fingerprint density at radius 1 is 1.25 bits per heavy atom. The van der Waals surface area contributed by atoms with Crippen LogP contribution in [0, 0.1) is 5.41 Å². The number of anilines is 1. The number of nitrogens with zero attached hydrogens (tertiary/aromatic N) is 6. The Morgan fingerprint density at radius 2 is 2.14 bits per heavy atom. The molecule has 0 bridgehead atoms. The number of hydrogen-bond acceptors (Lipinski definition) is 7. The van der Waals surface area contributed by atoms with Gasteiger partial charge < -0.3 is 10.6 Å². The molecular weight excluding hydrogens is 370 g/mol. The summed E-state index contributed by atoms with van der Waals surface area (Å²) >= 11 is 1.80. The van der Waals surface area contributed by atoms with E-state index in [0.29, 0.717) is 12.0 Å². The van der Waals surface area contributed by atoms with Crippen LogP contribution in [0.3, 0.4) is 0 Å². The first kappa shape index (κ1) is 18.0. The largest absolute Gasteiger partial charge is 0.355 e. The van der Waals surface area contributed by atoms with Crippen molar-refractivity contribution in [2.24, 2.45) is 11.1 Å². The van der Waals surface area contributed by atoms with E-state index in [4.69, 9.17) is 5.73 Å². The zero-order valence-electron chi connectivity index (χ0n) is 16.3. The third-order valence-corrected chi connectivity index (χ3v) is 7.20. The topological polar surface area (TPSA) is 76.1 Å². The lowest BCUT2D eigenvalue weighted by atomic mass is 9.79. The van der Waals surface area contributed by atoms with E-state index < -0.39 is 0 Å². The van der Waals surface area contributed by atoms with Crippen molar-refractivity contribution in [3.05, 3.63) is 35.2 Å². The number of nitrogens with two attached hydrogens (primary N) is 1. The Labute approximate surface area is 169 Å². The molecule has 148 valence electrons. The third kappa shape index (κ3) is 3.19. The van der Waals surface area contributed by atoms with Crippen LogP contribution in [0.4, 0.5) is 5.82 Å². The first-order valence-electron chi connectivity index (χ1n) is 10.1. The lowest BCUT2D eigenvalue weighted by Gasteiger charge is -2.48. The van der Waals surface area contributed by atoms with Crippen LogP contribution >= 0.6 is 11.3 Å². The van der Waals surface area contributed by atoms with Crippen molar-refractivity contribution in [2.45, 2.75) is 32.9 Å². The maximum Gasteiger partial charge on any atom is 0.140 e. The van der Waals surface area contributed by atoms with Gasteiger partial charge in [-0.25, -0.2) is 9.97 Å². The number of likely N-dealkylation sites (tertiary alicyclic amines) is 1. The van der Waals surface area contributed by atoms with Gasteiger partial charge >= 0.3 is 0 Å². The second-order valence-electron chi connectivity index (χ2n) is 8.20. The van der Waals surface area contributed by atoms with E-state index in [9.17, 15) is 0 Å². The smallest absolute Gasteiger partial charge is 0.140 e. The molecule has 3 aromatic rings. The van der Waals surface area contributed by atoms with E-state index in [1.165, 1.54) is 22.2 Å². The Morgan fingerprint density at radius 3 is 2.96 bits per heavy atom. The molecule has 2 N–H and O–H groups in total. The normalized spacial score (nSPS) is 19.0. The molecule has 0 unspecified atom stereocenters. The highest BCUT2D eigenvalue weighted by Crippen LogP contribution is 2.43. The molecule has 0 amide bonds. The SMILES string of the molecule is CCc1cc2c(N3CCC4(CN(Cc5cnn(CCN)c5)C4)C3)ncnc2s1. The summed E-state index contributed by atoms with van der Waals surface area (Å²) in [5.41, 5.74) is 7.30. The van der Waals surface area contributed by atoms with Crippen LogP contribution in [-0.4, -0.2) is 57.4 Å². The Bertz CT molecular complexity index is 972. The third-order valence-electron chi connectivity index (χ3n) is 6.01. The molecule has 2 saturated heterocycles. The summed E-state index contributed by atoms with van der Waals surface area (Å²) in [5, 5.41) is 5.61. The highest BCUT2D eigenvalue weighted by molar-refractivity contribution is 7.18. The van der Waals surface area contributed by atoms with Crippen molar-refractivity contribution in [1.29, 1.82) is 0 Å². The van der Waals surface area contributed by atoms with E-state index in [2.05, 4.69) is 44.1 Å². The number of aromatic nitrogens is 4. The highest BCUT2D eigenvalue weighted by atomic mass is 32.1. The van der Waals surface area contributed by atoms with Gasteiger partial charge in [0.2, 0.25) is 0 Å². The first-order valence-corrected chi connectivity index (χ1v) is 10.9. The van der Waals surface area contributed by atoms with Crippen LogP contribution in [0.15, 0.2) is 24.8 Å². The minimum absolute atomic E-state index is 0.411. The zero-order chi connectivity index (χ0) is 19.1. The van der Waals surface area contributed by atoms with Crippen LogP contribution in [0.25, 0.3) is 10.2 Å². The molecule has 2 aliphatic rings. The van der Waals surface area contributed by atoms with Gasteiger partial charge in [0.1, 0.15) is 17.0 Å². The molecule has 0 aliphatic carbocycles. The minimum Gasteiger partial charge on any atom is -0.355 e. The van der Waals surface area contributed by atoms with Crippen molar-refractivity contribution in [2.75, 3.05) is 37.6 Å². The second kappa shape index (κ2) is 7.09. The first-order chi connectivity index (χ1) is 13.7. The lowest BCUT2D eigenvalue weighted by Crippen LogP contribution is -2.56. The summed E-state index contributed by atoms with van der Waals surface area (Å²) < 4.78 is 1.94. The molecule has 0 saturated carbocycles. The maximum atomic E-state index is 5.61. The number of hydrogen-bond donors (Lipinski definition) is 1. The standard InChI is InChI=1S/C20H27N7S/c1-2-16-7-17-18(22-14-23-19(17)28-16)26-5-3-20(13-26)11-25(12-20)9-15-8-24-27(10-15)6-4-21/h7-8,10,14H,2-6,9,11-13,21H2,1H3. The van der Waals surface area contributed by atoms with E-state index >= 15 is 0 Å². The van der Waals surface area contributed by atoms with Gasteiger partial charge in [0.25, 0.3) is 0 Å². The molecule has 8 heteroatoms. The van der Waals surface area contributed by atoms with Gasteiger partial charge in [-0.05, 0) is 18.9 Å². The van der Waals surface area contributed by atoms with Crippen LogP contribution in [0.1, 0.15) is 23.8 Å². The lowest BCUT2D eigenvalue weighted by molar-refractivity contribution is 0.0117. The van der Waals surface area contributed by atoms with Gasteiger partial charge in [0.05, 0.1) is 18.1 Å². The number of aryl methyl sites for hydroxylation is 1. The predicted molar refractivity (Wildman–Crippen MR) is 113 cm³/mol. The molecule has 7 nitrogen and oxygen atoms in total. The molecule has 3 aromatic heterocycles. The molecule has 0 radical (unpaired) electrons. The number of rotatable bonds is 6. The Kier molecular flexibility index (Phi) is 4.57. The average Bonchev–Trinajstić information content (AvgIpc) is 3.39. The van der Waals surface area contributed by atoms with Gasteiger partial charge in [-0.15, -0.1) is 11.3 Å². The highest BCUT2D eigenvalue weighted by Gasteiger charge is 2.47. The second-order valence-corrected chi connectivity index (χ2v) is 9.31. The van der Waals surface area contributed by atoms with Crippen molar-refractivity contribution >= 4 is 27.4 Å². The fourth-order valence-electron chi connectivity index (χ4n) is 4.71. The van der Waals surface area contributed by atoms with Crippen molar-refractivity contribution < 1.29 is 0 Å². The molecule has 28 heavy (non-hydrogen) atoms. The maximum absolute atomic E-state index is 5.61. The van der Waals surface area contributed by atoms with E-state index in [0.717, 1.165) is 56.3 Å². The molecule has 1 spiro atoms. The molecule has 5 heterocycles. The molecule has 5 rings (SSSR count). The summed E-state index contributed by atoms with van der Waals surface area (Å²) in [6, 6.07) is 2.28. The quantitative estimate of drug-likeness (QED) is 0.687. The van der Waals surface area contributed by atoms with Crippen LogP contribution in [0.5, 0.6) is 0 Å².